The van der Waals surface area contributed by atoms with Crippen LogP contribution in [-0.4, -0.2) is 11.6 Å². The Balaban J connectivity index is 3.03. The van der Waals surface area contributed by atoms with Crippen molar-refractivity contribution in [2.75, 3.05) is 0 Å². The molecule has 0 heterocycles. The Bertz CT molecular complexity index is 543. The number of carbonyl (C=O) groups excluding carboxylic acids is 1. The monoisotopic (exact) mass is 298 g/mol. The van der Waals surface area contributed by atoms with Gasteiger partial charge >= 0.3 is 5.97 Å². The Hall–Kier alpha value is -2.01. The van der Waals surface area contributed by atoms with Crippen LogP contribution in [0.3, 0.4) is 0 Å². The number of ether oxygens (including phenoxy) is 1. The van der Waals surface area contributed by atoms with E-state index in [1.54, 1.807) is 12.1 Å². The van der Waals surface area contributed by atoms with Crippen LogP contribution in [0.15, 0.2) is 42.5 Å². The third-order valence-electron chi connectivity index (χ3n) is 3.67. The fraction of sp³-hybridized carbons (Fsp3) is 0.450. The lowest BCUT2D eigenvalue weighted by molar-refractivity contribution is -0.0156. The number of benzene rings is 1. The van der Waals surface area contributed by atoms with E-state index in [0.717, 1.165) is 19.3 Å². The van der Waals surface area contributed by atoms with E-state index in [1.807, 2.05) is 51.1 Å². The first-order chi connectivity index (χ1) is 10.4. The van der Waals surface area contributed by atoms with Crippen molar-refractivity contribution in [2.45, 2.75) is 52.6 Å². The predicted molar refractivity (Wildman–Crippen MR) is 91.5 cm³/mol. The Kier molecular flexibility index (Phi) is 6.43. The average molecular weight is 298 g/mol. The summed E-state index contributed by atoms with van der Waals surface area (Å²) in [6.07, 6.45) is 12.8. The van der Waals surface area contributed by atoms with Crippen LogP contribution in [0.4, 0.5) is 0 Å². The van der Waals surface area contributed by atoms with Crippen molar-refractivity contribution >= 4 is 5.97 Å². The van der Waals surface area contributed by atoms with Crippen LogP contribution in [0, 0.1) is 17.8 Å². The lowest BCUT2D eigenvalue weighted by Crippen LogP contribution is -2.44. The molecule has 0 amide bonds. The fourth-order valence-electron chi connectivity index (χ4n) is 2.08. The second-order valence-corrected chi connectivity index (χ2v) is 6.43. The van der Waals surface area contributed by atoms with Crippen molar-refractivity contribution in [1.82, 2.24) is 0 Å². The highest BCUT2D eigenvalue weighted by atomic mass is 16.6. The maximum atomic E-state index is 12.4. The van der Waals surface area contributed by atoms with Crippen molar-refractivity contribution < 1.29 is 9.53 Å². The van der Waals surface area contributed by atoms with Crippen molar-refractivity contribution in [2.24, 2.45) is 5.41 Å². The van der Waals surface area contributed by atoms with Crippen LogP contribution in [0.2, 0.25) is 0 Å². The third-order valence-corrected chi connectivity index (χ3v) is 3.67. The zero-order valence-corrected chi connectivity index (χ0v) is 14.1. The van der Waals surface area contributed by atoms with Gasteiger partial charge in [0.25, 0.3) is 0 Å². The molecular weight excluding hydrogens is 272 g/mol. The second kappa shape index (κ2) is 7.84. The molecule has 1 aromatic rings. The van der Waals surface area contributed by atoms with E-state index in [9.17, 15) is 4.79 Å². The number of unbranched alkanes of at least 4 members (excludes halogenated alkanes) is 2. The first-order valence-corrected chi connectivity index (χ1v) is 7.80. The molecule has 0 spiro atoms. The van der Waals surface area contributed by atoms with E-state index in [0.29, 0.717) is 5.56 Å². The molecule has 1 unspecified atom stereocenters. The quantitative estimate of drug-likeness (QED) is 0.319. The van der Waals surface area contributed by atoms with E-state index < -0.39 is 17.0 Å². The molecule has 0 saturated carbocycles. The fourth-order valence-corrected chi connectivity index (χ4v) is 2.08. The Morgan fingerprint density at radius 3 is 2.41 bits per heavy atom. The van der Waals surface area contributed by atoms with Gasteiger partial charge in [-0.25, -0.2) is 4.79 Å². The molecule has 0 aliphatic carbocycles. The molecule has 1 rings (SSSR count). The molecule has 1 aromatic carbocycles. The van der Waals surface area contributed by atoms with Gasteiger partial charge < -0.3 is 4.74 Å². The second-order valence-electron chi connectivity index (χ2n) is 6.43. The van der Waals surface area contributed by atoms with E-state index in [-0.39, 0.29) is 0 Å². The minimum atomic E-state index is -1.05. The van der Waals surface area contributed by atoms with E-state index in [2.05, 4.69) is 12.8 Å². The molecule has 2 nitrogen and oxygen atoms in total. The number of esters is 1. The van der Waals surface area contributed by atoms with Crippen LogP contribution < -0.4 is 0 Å². The van der Waals surface area contributed by atoms with Gasteiger partial charge in [-0.05, 0) is 24.6 Å². The van der Waals surface area contributed by atoms with Crippen molar-refractivity contribution in [3.63, 3.8) is 0 Å². The molecule has 1 atom stereocenters. The van der Waals surface area contributed by atoms with Gasteiger partial charge in [-0.15, -0.1) is 6.42 Å². The number of allylic oxidation sites excluding steroid dienone is 1. The maximum Gasteiger partial charge on any atom is 0.339 e. The zero-order chi connectivity index (χ0) is 16.6. The summed E-state index contributed by atoms with van der Waals surface area (Å²) >= 11 is 0. The summed E-state index contributed by atoms with van der Waals surface area (Å²) in [5, 5.41) is 0. The average Bonchev–Trinajstić information content (AvgIpc) is 2.50. The number of carbonyl (C=O) groups is 1. The summed E-state index contributed by atoms with van der Waals surface area (Å²) in [6.45, 7) is 8.08. The molecule has 0 fully saturated rings. The highest BCUT2D eigenvalue weighted by Crippen LogP contribution is 2.35. The van der Waals surface area contributed by atoms with Gasteiger partial charge in [0.1, 0.15) is 0 Å². The lowest BCUT2D eigenvalue weighted by atomic mass is 9.76. The van der Waals surface area contributed by atoms with Crippen LogP contribution >= 0.6 is 0 Å². The molecular formula is C20H26O2. The smallest absolute Gasteiger partial charge is 0.339 e. The summed E-state index contributed by atoms with van der Waals surface area (Å²) in [7, 11) is 0. The van der Waals surface area contributed by atoms with E-state index >= 15 is 0 Å². The van der Waals surface area contributed by atoms with Crippen LogP contribution in [0.1, 0.15) is 57.3 Å². The minimum absolute atomic E-state index is 0.394. The normalized spacial score (nSPS) is 14.3. The lowest BCUT2D eigenvalue weighted by Gasteiger charge is -2.37. The summed E-state index contributed by atoms with van der Waals surface area (Å²) in [5.41, 5.74) is -0.934. The number of hydrogen-bond acceptors (Lipinski definition) is 2. The highest BCUT2D eigenvalue weighted by molar-refractivity contribution is 5.90. The van der Waals surface area contributed by atoms with Gasteiger partial charge in [-0.1, -0.05) is 70.7 Å². The summed E-state index contributed by atoms with van der Waals surface area (Å²) in [6, 6.07) is 8.93. The van der Waals surface area contributed by atoms with E-state index in [4.69, 9.17) is 11.2 Å². The van der Waals surface area contributed by atoms with Gasteiger partial charge in [-0.3, -0.25) is 0 Å². The molecule has 0 aromatic heterocycles. The topological polar surface area (TPSA) is 26.3 Å². The third kappa shape index (κ3) is 4.49. The highest BCUT2D eigenvalue weighted by Gasteiger charge is 2.42. The van der Waals surface area contributed by atoms with Crippen molar-refractivity contribution in [1.29, 1.82) is 0 Å². The Morgan fingerprint density at radius 1 is 1.27 bits per heavy atom. The molecule has 22 heavy (non-hydrogen) atoms. The number of hydrogen-bond donors (Lipinski definition) is 0. The SMILES string of the molecule is C#CC(/C=C/CCCC)(OC(=O)c1ccccc1)C(C)(C)C. The van der Waals surface area contributed by atoms with Crippen LogP contribution in [0.25, 0.3) is 0 Å². The van der Waals surface area contributed by atoms with Gasteiger partial charge in [0.15, 0.2) is 5.60 Å². The molecule has 0 aliphatic rings. The first kappa shape index (κ1) is 18.0. The molecule has 0 bridgehead atoms. The van der Waals surface area contributed by atoms with Gasteiger partial charge in [0.2, 0.25) is 0 Å². The van der Waals surface area contributed by atoms with Gasteiger partial charge in [-0.2, -0.15) is 0 Å². The summed E-state index contributed by atoms with van der Waals surface area (Å²) < 4.78 is 5.76. The molecule has 0 aliphatic heterocycles. The largest absolute Gasteiger partial charge is 0.438 e. The molecule has 118 valence electrons. The number of terminal acetylenes is 1. The van der Waals surface area contributed by atoms with Gasteiger partial charge in [0, 0.05) is 5.41 Å². The van der Waals surface area contributed by atoms with Crippen molar-refractivity contribution in [3.8, 4) is 12.3 Å². The molecule has 0 radical (unpaired) electrons. The van der Waals surface area contributed by atoms with Crippen LogP contribution in [0.5, 0.6) is 0 Å². The first-order valence-electron chi connectivity index (χ1n) is 7.80. The standard InChI is InChI=1S/C20H26O2/c1-6-8-9-13-16-20(7-2,19(3,4)5)22-18(21)17-14-11-10-12-15-17/h2,10-16H,6,8-9H2,1,3-5H3/b16-13+. The zero-order valence-electron chi connectivity index (χ0n) is 14.1. The van der Waals surface area contributed by atoms with E-state index in [1.165, 1.54) is 0 Å². The summed E-state index contributed by atoms with van der Waals surface area (Å²) in [4.78, 5) is 12.4. The number of rotatable bonds is 6. The molecule has 0 saturated heterocycles. The Labute approximate surface area is 134 Å². The van der Waals surface area contributed by atoms with Crippen LogP contribution in [-0.2, 0) is 4.74 Å². The Morgan fingerprint density at radius 2 is 1.91 bits per heavy atom. The maximum absolute atomic E-state index is 12.4. The minimum Gasteiger partial charge on any atom is -0.438 e. The van der Waals surface area contributed by atoms with Gasteiger partial charge in [0.05, 0.1) is 5.56 Å². The van der Waals surface area contributed by atoms with Crippen molar-refractivity contribution in [3.05, 3.63) is 48.0 Å². The molecule has 2 heteroatoms. The predicted octanol–water partition coefficient (Wildman–Crippen LogP) is 5.01. The molecule has 0 N–H and O–H groups in total. The summed E-state index contributed by atoms with van der Waals surface area (Å²) in [5.74, 6) is 2.31.